The lowest BCUT2D eigenvalue weighted by Crippen LogP contribution is -2.55. The van der Waals surface area contributed by atoms with Crippen LogP contribution in [0.5, 0.6) is 6.01 Å². The van der Waals surface area contributed by atoms with Crippen LogP contribution in [0.4, 0.5) is 19.4 Å². The van der Waals surface area contributed by atoms with Crippen LogP contribution in [0.25, 0.3) is 32.9 Å². The molecule has 0 spiro atoms. The van der Waals surface area contributed by atoms with Gasteiger partial charge in [0.25, 0.3) is 0 Å². The summed E-state index contributed by atoms with van der Waals surface area (Å²) in [6, 6.07) is 8.14. The molecule has 238 valence electrons. The number of likely N-dealkylation sites (N-methyl/N-ethyl adjacent to an activating group) is 1. The van der Waals surface area contributed by atoms with Gasteiger partial charge in [0.1, 0.15) is 35.1 Å². The van der Waals surface area contributed by atoms with Crippen LogP contribution in [0.1, 0.15) is 40.5 Å². The minimum absolute atomic E-state index is 0.00478. The van der Waals surface area contributed by atoms with E-state index in [1.165, 1.54) is 12.3 Å². The highest BCUT2D eigenvalue weighted by Gasteiger charge is 2.33. The number of ether oxygens (including phenoxy) is 2. The molecule has 2 aliphatic heterocycles. The summed E-state index contributed by atoms with van der Waals surface area (Å²) < 4.78 is 42.8. The molecule has 0 radical (unpaired) electrons. The Bertz CT molecular complexity index is 1770. The maximum atomic E-state index is 16.6. The second-order valence-electron chi connectivity index (χ2n) is 12.8. The molecular weight excluding hydrogens is 602 g/mol. The van der Waals surface area contributed by atoms with Crippen LogP contribution in [-0.4, -0.2) is 88.4 Å². The molecule has 2 atom stereocenters. The number of aromatic nitrogens is 3. The Morgan fingerprint density at radius 3 is 2.62 bits per heavy atom. The molecule has 45 heavy (non-hydrogen) atoms. The molecule has 2 saturated heterocycles. The second-order valence-corrected chi connectivity index (χ2v) is 13.2. The first-order chi connectivity index (χ1) is 21.4. The molecule has 0 aliphatic carbocycles. The highest BCUT2D eigenvalue weighted by atomic mass is 35.5. The van der Waals surface area contributed by atoms with E-state index < -0.39 is 17.2 Å². The van der Waals surface area contributed by atoms with Crippen molar-refractivity contribution in [3.8, 4) is 17.3 Å². The number of hydrogen-bond donors (Lipinski definition) is 0. The Morgan fingerprint density at radius 1 is 1.11 bits per heavy atom. The molecular formula is C33H37ClF2N6O3. The Labute approximate surface area is 266 Å². The number of likely N-dealkylation sites (tertiary alicyclic amines) is 1. The van der Waals surface area contributed by atoms with E-state index >= 15 is 4.39 Å². The minimum atomic E-state index is -0.688. The van der Waals surface area contributed by atoms with Gasteiger partial charge in [-0.25, -0.2) is 13.6 Å². The van der Waals surface area contributed by atoms with E-state index in [0.29, 0.717) is 53.8 Å². The number of anilines is 1. The average molecular weight is 639 g/mol. The van der Waals surface area contributed by atoms with E-state index in [-0.39, 0.29) is 40.4 Å². The molecule has 2 aromatic heterocycles. The Morgan fingerprint density at radius 2 is 1.91 bits per heavy atom. The van der Waals surface area contributed by atoms with E-state index in [1.807, 2.05) is 32.6 Å². The topological polar surface area (TPSA) is 83.9 Å². The van der Waals surface area contributed by atoms with Gasteiger partial charge in [0.2, 0.25) is 0 Å². The molecule has 0 saturated carbocycles. The highest BCUT2D eigenvalue weighted by Crippen LogP contribution is 2.38. The number of hydrogen-bond acceptors (Lipinski definition) is 8. The predicted molar refractivity (Wildman–Crippen MR) is 171 cm³/mol. The quantitative estimate of drug-likeness (QED) is 0.239. The molecule has 2 aromatic carbocycles. The number of carbonyl (C=O) groups excluding carboxylic acids is 1. The van der Waals surface area contributed by atoms with Gasteiger partial charge in [0, 0.05) is 48.9 Å². The number of amides is 1. The molecule has 0 bridgehead atoms. The van der Waals surface area contributed by atoms with Crippen LogP contribution >= 0.6 is 11.6 Å². The molecule has 1 amide bonds. The van der Waals surface area contributed by atoms with Crippen molar-refractivity contribution in [2.75, 3.05) is 44.7 Å². The van der Waals surface area contributed by atoms with Crippen molar-refractivity contribution in [1.82, 2.24) is 24.8 Å². The minimum Gasteiger partial charge on any atom is -0.462 e. The van der Waals surface area contributed by atoms with Gasteiger partial charge in [-0.05, 0) is 65.6 Å². The first-order valence-electron chi connectivity index (χ1n) is 15.2. The number of benzene rings is 2. The molecule has 4 aromatic rings. The zero-order valence-corrected chi connectivity index (χ0v) is 26.9. The number of carbonyl (C=O) groups is 1. The van der Waals surface area contributed by atoms with Crippen LogP contribution in [0.2, 0.25) is 5.02 Å². The summed E-state index contributed by atoms with van der Waals surface area (Å²) in [4.78, 5) is 32.6. The van der Waals surface area contributed by atoms with Crippen molar-refractivity contribution >= 4 is 45.2 Å². The first kappa shape index (κ1) is 31.2. The predicted octanol–water partition coefficient (Wildman–Crippen LogP) is 6.70. The van der Waals surface area contributed by atoms with Crippen LogP contribution in [0, 0.1) is 11.6 Å². The number of piperazine rings is 1. The van der Waals surface area contributed by atoms with Gasteiger partial charge in [-0.1, -0.05) is 35.9 Å². The zero-order valence-electron chi connectivity index (χ0n) is 26.1. The van der Waals surface area contributed by atoms with Crippen molar-refractivity contribution in [3.05, 3.63) is 53.2 Å². The summed E-state index contributed by atoms with van der Waals surface area (Å²) in [6.45, 7) is 10.0. The van der Waals surface area contributed by atoms with Crippen LogP contribution in [-0.2, 0) is 4.74 Å². The molecule has 1 unspecified atom stereocenters. The third-order valence-corrected chi connectivity index (χ3v) is 8.83. The fourth-order valence-corrected chi connectivity index (χ4v) is 6.40. The second kappa shape index (κ2) is 12.2. The molecule has 2 fully saturated rings. The number of fused-ring (bicyclic) bond motifs is 2. The van der Waals surface area contributed by atoms with Crippen molar-refractivity contribution in [3.63, 3.8) is 0 Å². The summed E-state index contributed by atoms with van der Waals surface area (Å²) in [5.74, 6) is -0.827. The van der Waals surface area contributed by atoms with Crippen LogP contribution in [0.15, 0.2) is 36.5 Å². The van der Waals surface area contributed by atoms with E-state index in [4.69, 9.17) is 26.1 Å². The smallest absolute Gasteiger partial charge is 0.410 e. The van der Waals surface area contributed by atoms with Gasteiger partial charge in [0.05, 0.1) is 10.4 Å². The monoisotopic (exact) mass is 638 g/mol. The lowest BCUT2D eigenvalue weighted by atomic mass is 10.0. The molecule has 4 heterocycles. The maximum absolute atomic E-state index is 16.6. The fraction of sp³-hybridized carbons (Fsp3) is 0.455. The Hall–Kier alpha value is -3.83. The van der Waals surface area contributed by atoms with Gasteiger partial charge < -0.3 is 24.2 Å². The third-order valence-electron chi connectivity index (χ3n) is 8.47. The molecule has 0 N–H and O–H groups in total. The Balaban J connectivity index is 1.41. The summed E-state index contributed by atoms with van der Waals surface area (Å²) in [7, 11) is 2.05. The normalized spacial score (nSPS) is 19.5. The van der Waals surface area contributed by atoms with Crippen molar-refractivity contribution in [1.29, 1.82) is 0 Å². The van der Waals surface area contributed by atoms with Gasteiger partial charge in [-0.2, -0.15) is 9.97 Å². The first-order valence-corrected chi connectivity index (χ1v) is 15.6. The van der Waals surface area contributed by atoms with E-state index in [0.717, 1.165) is 19.4 Å². The SMILES string of the molecule is CC1CN(c2nc(OC[C@@H]3CCCN3C)nc3c(F)c(-c4cccc5ccc(F)c(Cl)c45)ncc23)CCN1C(=O)OC(C)(C)C. The van der Waals surface area contributed by atoms with Crippen molar-refractivity contribution < 1.29 is 23.0 Å². The lowest BCUT2D eigenvalue weighted by molar-refractivity contribution is 0.0158. The lowest BCUT2D eigenvalue weighted by Gasteiger charge is -2.40. The van der Waals surface area contributed by atoms with E-state index in [1.54, 1.807) is 29.2 Å². The number of rotatable bonds is 5. The average Bonchev–Trinajstić information content (AvgIpc) is 3.41. The summed E-state index contributed by atoms with van der Waals surface area (Å²) >= 11 is 6.38. The third kappa shape index (κ3) is 6.20. The van der Waals surface area contributed by atoms with E-state index in [2.05, 4.69) is 21.9 Å². The zero-order chi connectivity index (χ0) is 32.0. The highest BCUT2D eigenvalue weighted by molar-refractivity contribution is 6.36. The number of pyridine rings is 1. The van der Waals surface area contributed by atoms with Crippen LogP contribution in [0.3, 0.4) is 0 Å². The van der Waals surface area contributed by atoms with Crippen LogP contribution < -0.4 is 9.64 Å². The fourth-order valence-electron chi connectivity index (χ4n) is 6.12. The number of nitrogens with zero attached hydrogens (tertiary/aromatic N) is 6. The Kier molecular flexibility index (Phi) is 8.43. The summed E-state index contributed by atoms with van der Waals surface area (Å²) in [5.41, 5.74) is -0.232. The summed E-state index contributed by atoms with van der Waals surface area (Å²) in [5, 5.41) is 1.32. The summed E-state index contributed by atoms with van der Waals surface area (Å²) in [6.07, 6.45) is 3.22. The van der Waals surface area contributed by atoms with Crippen molar-refractivity contribution in [2.45, 2.75) is 58.2 Å². The van der Waals surface area contributed by atoms with Gasteiger partial charge >= 0.3 is 12.1 Å². The van der Waals surface area contributed by atoms with Gasteiger partial charge in [0.15, 0.2) is 5.82 Å². The standard InChI is InChI=1S/C33H37ClF2N6O3/c1-19-17-41(14-15-42(19)32(43)45-33(2,3)4)30-23-16-37-28(22-10-6-8-20-11-12-24(35)26(34)25(20)22)27(36)29(23)38-31(39-30)44-18-21-9-7-13-40(21)5/h6,8,10-12,16,19,21H,7,9,13-15,17-18H2,1-5H3/t19?,21-/m0/s1. The molecule has 9 nitrogen and oxygen atoms in total. The maximum Gasteiger partial charge on any atom is 0.410 e. The molecule has 12 heteroatoms. The van der Waals surface area contributed by atoms with E-state index in [9.17, 15) is 9.18 Å². The molecule has 6 rings (SSSR count). The van der Waals surface area contributed by atoms with Gasteiger partial charge in [-0.3, -0.25) is 4.98 Å². The molecule has 2 aliphatic rings. The van der Waals surface area contributed by atoms with Gasteiger partial charge in [-0.15, -0.1) is 0 Å². The number of halogens is 3. The van der Waals surface area contributed by atoms with Crippen molar-refractivity contribution in [2.24, 2.45) is 0 Å². The largest absolute Gasteiger partial charge is 0.462 e.